The van der Waals surface area contributed by atoms with Crippen LogP contribution in [0.3, 0.4) is 0 Å². The van der Waals surface area contributed by atoms with Crippen molar-refractivity contribution >= 4 is 23.6 Å². The summed E-state index contributed by atoms with van der Waals surface area (Å²) in [5.41, 5.74) is 5.06. The smallest absolute Gasteiger partial charge is 0.232 e. The Labute approximate surface area is 113 Å². The van der Waals surface area contributed by atoms with Crippen LogP contribution in [-0.2, 0) is 9.59 Å². The van der Waals surface area contributed by atoms with Crippen LogP contribution in [0.15, 0.2) is 0 Å². The Morgan fingerprint density at radius 1 is 1.11 bits per heavy atom. The Morgan fingerprint density at radius 2 is 1.83 bits per heavy atom. The molecule has 1 heterocycles. The number of carbonyl (C=O) groups excluding carboxylic acids is 2. The Bertz CT molecular complexity index is 322. The normalized spacial score (nSPS) is 27.7. The third kappa shape index (κ3) is 3.64. The standard InChI is InChI=1S/C13H22N2O2S/c14-12(16)8-18-9-13(17)15-6-5-10-3-1-2-4-11(10)7-15/h10-11H,1-9H2,(H2,14,16)/t10-,11+/m0/s1. The van der Waals surface area contributed by atoms with Gasteiger partial charge in [-0.15, -0.1) is 11.8 Å². The molecule has 1 aliphatic carbocycles. The van der Waals surface area contributed by atoms with Gasteiger partial charge < -0.3 is 10.6 Å². The van der Waals surface area contributed by atoms with Gasteiger partial charge in [-0.25, -0.2) is 0 Å². The van der Waals surface area contributed by atoms with E-state index in [4.69, 9.17) is 5.73 Å². The van der Waals surface area contributed by atoms with E-state index in [2.05, 4.69) is 0 Å². The fraction of sp³-hybridized carbons (Fsp3) is 0.846. The van der Waals surface area contributed by atoms with Gasteiger partial charge in [-0.1, -0.05) is 19.3 Å². The summed E-state index contributed by atoms with van der Waals surface area (Å²) in [6.45, 7) is 1.83. The maximum Gasteiger partial charge on any atom is 0.232 e. The number of hydrogen-bond acceptors (Lipinski definition) is 3. The molecule has 1 saturated carbocycles. The number of primary amides is 1. The molecule has 0 radical (unpaired) electrons. The Balaban J connectivity index is 1.75. The highest BCUT2D eigenvalue weighted by Gasteiger charge is 2.32. The summed E-state index contributed by atoms with van der Waals surface area (Å²) in [6, 6.07) is 0. The van der Waals surface area contributed by atoms with Crippen molar-refractivity contribution < 1.29 is 9.59 Å². The summed E-state index contributed by atoms with van der Waals surface area (Å²) >= 11 is 1.33. The number of fused-ring (bicyclic) bond motifs is 1. The summed E-state index contributed by atoms with van der Waals surface area (Å²) < 4.78 is 0. The van der Waals surface area contributed by atoms with E-state index in [1.54, 1.807) is 0 Å². The minimum absolute atomic E-state index is 0.172. The molecular formula is C13H22N2O2S. The van der Waals surface area contributed by atoms with E-state index in [-0.39, 0.29) is 17.6 Å². The number of thioether (sulfide) groups is 1. The summed E-state index contributed by atoms with van der Waals surface area (Å²) in [4.78, 5) is 24.6. The number of rotatable bonds is 4. The minimum Gasteiger partial charge on any atom is -0.369 e. The summed E-state index contributed by atoms with van der Waals surface area (Å²) in [5.74, 6) is 2.02. The highest BCUT2D eigenvalue weighted by Crippen LogP contribution is 2.36. The van der Waals surface area contributed by atoms with Crippen LogP contribution in [0, 0.1) is 11.8 Å². The molecular weight excluding hydrogens is 248 g/mol. The van der Waals surface area contributed by atoms with Crippen molar-refractivity contribution in [3.8, 4) is 0 Å². The van der Waals surface area contributed by atoms with Crippen LogP contribution in [0.5, 0.6) is 0 Å². The lowest BCUT2D eigenvalue weighted by atomic mass is 9.75. The number of carbonyl (C=O) groups is 2. The molecule has 18 heavy (non-hydrogen) atoms. The summed E-state index contributed by atoms with van der Waals surface area (Å²) in [5, 5.41) is 0. The number of likely N-dealkylation sites (tertiary alicyclic amines) is 1. The Morgan fingerprint density at radius 3 is 2.56 bits per heavy atom. The average Bonchev–Trinajstić information content (AvgIpc) is 2.37. The van der Waals surface area contributed by atoms with E-state index in [0.717, 1.165) is 31.3 Å². The highest BCUT2D eigenvalue weighted by atomic mass is 32.2. The zero-order valence-corrected chi connectivity index (χ0v) is 11.6. The zero-order chi connectivity index (χ0) is 13.0. The highest BCUT2D eigenvalue weighted by molar-refractivity contribution is 8.00. The molecule has 0 aromatic rings. The lowest BCUT2D eigenvalue weighted by Gasteiger charge is -2.41. The summed E-state index contributed by atoms with van der Waals surface area (Å²) in [7, 11) is 0. The fourth-order valence-corrected chi connectivity index (χ4v) is 3.82. The Kier molecular flexibility index (Phi) is 4.92. The van der Waals surface area contributed by atoms with E-state index in [9.17, 15) is 9.59 Å². The van der Waals surface area contributed by atoms with E-state index in [1.807, 2.05) is 4.90 Å². The largest absolute Gasteiger partial charge is 0.369 e. The van der Waals surface area contributed by atoms with Gasteiger partial charge in [0, 0.05) is 13.1 Å². The quantitative estimate of drug-likeness (QED) is 0.836. The van der Waals surface area contributed by atoms with Crippen molar-refractivity contribution in [1.29, 1.82) is 0 Å². The van der Waals surface area contributed by atoms with Gasteiger partial charge in [-0.2, -0.15) is 0 Å². The molecule has 102 valence electrons. The van der Waals surface area contributed by atoms with E-state index < -0.39 is 0 Å². The van der Waals surface area contributed by atoms with Crippen LogP contribution in [0.2, 0.25) is 0 Å². The van der Waals surface area contributed by atoms with Crippen LogP contribution in [-0.4, -0.2) is 41.3 Å². The van der Waals surface area contributed by atoms with E-state index in [0.29, 0.717) is 5.75 Å². The Hall–Kier alpha value is -0.710. The molecule has 2 amide bonds. The first-order chi connectivity index (χ1) is 8.66. The van der Waals surface area contributed by atoms with Crippen LogP contribution in [0.25, 0.3) is 0 Å². The van der Waals surface area contributed by atoms with Gasteiger partial charge in [-0.05, 0) is 24.7 Å². The predicted octanol–water partition coefficient (Wildman–Crippen LogP) is 1.24. The molecule has 0 aromatic heterocycles. The number of nitrogens with two attached hydrogens (primary N) is 1. The van der Waals surface area contributed by atoms with Crippen LogP contribution in [0.4, 0.5) is 0 Å². The number of amides is 2. The van der Waals surface area contributed by atoms with Crippen molar-refractivity contribution in [1.82, 2.24) is 4.90 Å². The SMILES string of the molecule is NC(=O)CSCC(=O)N1CC[C@@H]2CCCC[C@@H]2C1. The fourth-order valence-electron chi connectivity index (χ4n) is 3.16. The molecule has 0 spiro atoms. The van der Waals surface area contributed by atoms with Crippen molar-refractivity contribution in [2.24, 2.45) is 17.6 Å². The molecule has 2 fully saturated rings. The van der Waals surface area contributed by atoms with Gasteiger partial charge in [0.05, 0.1) is 11.5 Å². The molecule has 2 N–H and O–H groups in total. The van der Waals surface area contributed by atoms with Gasteiger partial charge in [0.2, 0.25) is 11.8 Å². The molecule has 5 heteroatoms. The molecule has 0 bridgehead atoms. The molecule has 0 unspecified atom stereocenters. The second-order valence-electron chi connectivity index (χ2n) is 5.39. The molecule has 1 aliphatic heterocycles. The third-order valence-electron chi connectivity index (χ3n) is 4.11. The summed E-state index contributed by atoms with van der Waals surface area (Å²) in [6.07, 6.45) is 6.48. The number of piperidine rings is 1. The van der Waals surface area contributed by atoms with Gasteiger partial charge >= 0.3 is 0 Å². The number of hydrogen-bond donors (Lipinski definition) is 1. The van der Waals surface area contributed by atoms with E-state index in [1.165, 1.54) is 37.4 Å². The maximum absolute atomic E-state index is 12.0. The minimum atomic E-state index is -0.348. The first-order valence-corrected chi connectivity index (χ1v) is 7.96. The monoisotopic (exact) mass is 270 g/mol. The zero-order valence-electron chi connectivity index (χ0n) is 10.8. The van der Waals surface area contributed by atoms with Crippen LogP contribution < -0.4 is 5.73 Å². The average molecular weight is 270 g/mol. The van der Waals surface area contributed by atoms with Crippen molar-refractivity contribution in [3.63, 3.8) is 0 Å². The first kappa shape index (κ1) is 13.7. The van der Waals surface area contributed by atoms with Crippen LogP contribution in [0.1, 0.15) is 32.1 Å². The van der Waals surface area contributed by atoms with Crippen molar-refractivity contribution in [2.75, 3.05) is 24.6 Å². The lowest BCUT2D eigenvalue weighted by molar-refractivity contribution is -0.131. The lowest BCUT2D eigenvalue weighted by Crippen LogP contribution is -2.45. The van der Waals surface area contributed by atoms with Gasteiger partial charge in [0.1, 0.15) is 0 Å². The third-order valence-corrected chi connectivity index (χ3v) is 5.05. The molecule has 4 nitrogen and oxygen atoms in total. The van der Waals surface area contributed by atoms with E-state index >= 15 is 0 Å². The first-order valence-electron chi connectivity index (χ1n) is 6.80. The predicted molar refractivity (Wildman–Crippen MR) is 73.2 cm³/mol. The number of nitrogens with zero attached hydrogens (tertiary/aromatic N) is 1. The van der Waals surface area contributed by atoms with Crippen LogP contribution >= 0.6 is 11.8 Å². The molecule has 2 aliphatic rings. The molecule has 2 atom stereocenters. The topological polar surface area (TPSA) is 63.4 Å². The second-order valence-corrected chi connectivity index (χ2v) is 6.38. The van der Waals surface area contributed by atoms with Crippen molar-refractivity contribution in [2.45, 2.75) is 32.1 Å². The maximum atomic E-state index is 12.0. The molecule has 2 rings (SSSR count). The molecule has 1 saturated heterocycles. The van der Waals surface area contributed by atoms with Gasteiger partial charge in [0.15, 0.2) is 0 Å². The second kappa shape index (κ2) is 6.45. The van der Waals surface area contributed by atoms with Crippen molar-refractivity contribution in [3.05, 3.63) is 0 Å². The molecule has 0 aromatic carbocycles. The van der Waals surface area contributed by atoms with Gasteiger partial charge in [0.25, 0.3) is 0 Å². The van der Waals surface area contributed by atoms with Gasteiger partial charge in [-0.3, -0.25) is 9.59 Å².